The topological polar surface area (TPSA) is 36.4 Å². The maximum Gasteiger partial charge on any atom is 0.258 e. The molecule has 1 aliphatic rings. The lowest BCUT2D eigenvalue weighted by atomic mass is 10.2. The van der Waals surface area contributed by atoms with E-state index in [4.69, 9.17) is 23.2 Å². The molecule has 0 spiro atoms. The Hall–Kier alpha value is -0.440. The van der Waals surface area contributed by atoms with Crippen molar-refractivity contribution in [2.45, 2.75) is 15.8 Å². The Morgan fingerprint density at radius 2 is 1.81 bits per heavy atom. The Kier molecular flexibility index (Phi) is 7.16. The van der Waals surface area contributed by atoms with Crippen LogP contribution in [0.5, 0.6) is 0 Å². The van der Waals surface area contributed by atoms with Gasteiger partial charge in [-0.05, 0) is 36.2 Å². The number of aromatic nitrogens is 1. The van der Waals surface area contributed by atoms with Gasteiger partial charge in [-0.3, -0.25) is 9.69 Å². The highest BCUT2D eigenvalue weighted by molar-refractivity contribution is 8.01. The van der Waals surface area contributed by atoms with E-state index in [0.717, 1.165) is 33.5 Å². The average Bonchev–Trinajstić information content (AvgIpc) is 3.08. The summed E-state index contributed by atoms with van der Waals surface area (Å²) < 4.78 is 5.40. The molecule has 2 heterocycles. The standard InChI is InChI=1S/C17H19Cl2N3OS3/c1-24-15-14(17(25-2)26-20-15)16(23)22-8-6-21(7-9-22)10-11-12(18)4-3-5-13(11)19/h3-5H,6-10H2,1-2H3. The van der Waals surface area contributed by atoms with Gasteiger partial charge in [-0.25, -0.2) is 0 Å². The van der Waals surface area contributed by atoms with Gasteiger partial charge >= 0.3 is 0 Å². The number of rotatable bonds is 5. The molecule has 0 N–H and O–H groups in total. The molecule has 1 aromatic carbocycles. The van der Waals surface area contributed by atoms with Crippen LogP contribution in [0, 0.1) is 0 Å². The van der Waals surface area contributed by atoms with Crippen molar-refractivity contribution >= 4 is 64.2 Å². The molecule has 1 fully saturated rings. The summed E-state index contributed by atoms with van der Waals surface area (Å²) in [7, 11) is 0. The molecule has 26 heavy (non-hydrogen) atoms. The molecule has 9 heteroatoms. The molecular weight excluding hydrogens is 429 g/mol. The van der Waals surface area contributed by atoms with Crippen molar-refractivity contribution in [1.82, 2.24) is 14.2 Å². The zero-order valence-electron chi connectivity index (χ0n) is 14.5. The molecule has 0 saturated carbocycles. The second kappa shape index (κ2) is 9.17. The minimum atomic E-state index is 0.0860. The molecule has 2 aromatic rings. The minimum absolute atomic E-state index is 0.0860. The summed E-state index contributed by atoms with van der Waals surface area (Å²) in [6.07, 6.45) is 3.95. The van der Waals surface area contributed by atoms with E-state index in [-0.39, 0.29) is 5.91 Å². The summed E-state index contributed by atoms with van der Waals surface area (Å²) in [5.74, 6) is 0.0860. The second-order valence-corrected chi connectivity index (χ2v) is 9.28. The van der Waals surface area contributed by atoms with Crippen molar-refractivity contribution in [2.75, 3.05) is 38.7 Å². The molecular formula is C17H19Cl2N3OS3. The van der Waals surface area contributed by atoms with Crippen molar-refractivity contribution < 1.29 is 4.79 Å². The van der Waals surface area contributed by atoms with Gasteiger partial charge in [0.2, 0.25) is 0 Å². The first-order valence-corrected chi connectivity index (χ1v) is 12.0. The maximum absolute atomic E-state index is 13.0. The quantitative estimate of drug-likeness (QED) is 0.611. The number of hydrogen-bond acceptors (Lipinski definition) is 6. The van der Waals surface area contributed by atoms with E-state index >= 15 is 0 Å². The summed E-state index contributed by atoms with van der Waals surface area (Å²) in [5, 5.41) is 2.21. The van der Waals surface area contributed by atoms with Crippen molar-refractivity contribution in [3.63, 3.8) is 0 Å². The Bertz CT molecular complexity index is 750. The molecule has 1 aliphatic heterocycles. The smallest absolute Gasteiger partial charge is 0.258 e. The van der Waals surface area contributed by atoms with Crippen LogP contribution in [-0.4, -0.2) is 58.8 Å². The Morgan fingerprint density at radius 3 is 2.38 bits per heavy atom. The molecule has 0 bridgehead atoms. The fraction of sp³-hybridized carbons (Fsp3) is 0.412. The number of carbonyl (C=O) groups is 1. The summed E-state index contributed by atoms with van der Waals surface area (Å²) in [5.41, 5.74) is 1.71. The Balaban J connectivity index is 1.65. The van der Waals surface area contributed by atoms with E-state index in [1.54, 1.807) is 11.8 Å². The van der Waals surface area contributed by atoms with Crippen LogP contribution in [0.3, 0.4) is 0 Å². The molecule has 1 amide bonds. The van der Waals surface area contributed by atoms with Gasteiger partial charge in [-0.1, -0.05) is 29.3 Å². The zero-order valence-corrected chi connectivity index (χ0v) is 18.5. The van der Waals surface area contributed by atoms with Crippen molar-refractivity contribution in [2.24, 2.45) is 0 Å². The first kappa shape index (κ1) is 20.3. The average molecular weight is 448 g/mol. The number of hydrogen-bond donors (Lipinski definition) is 0. The van der Waals surface area contributed by atoms with E-state index < -0.39 is 0 Å². The van der Waals surface area contributed by atoms with Crippen LogP contribution < -0.4 is 0 Å². The first-order chi connectivity index (χ1) is 12.5. The third-order valence-electron chi connectivity index (χ3n) is 4.32. The van der Waals surface area contributed by atoms with Crippen molar-refractivity contribution in [1.29, 1.82) is 0 Å². The maximum atomic E-state index is 13.0. The summed E-state index contributed by atoms with van der Waals surface area (Å²) in [6, 6.07) is 5.58. The zero-order chi connectivity index (χ0) is 18.7. The minimum Gasteiger partial charge on any atom is -0.336 e. The fourth-order valence-electron chi connectivity index (χ4n) is 2.89. The predicted octanol–water partition coefficient (Wildman–Crippen LogP) is 4.85. The Morgan fingerprint density at radius 1 is 1.15 bits per heavy atom. The second-order valence-electron chi connectivity index (χ2n) is 5.83. The molecule has 3 rings (SSSR count). The lowest BCUT2D eigenvalue weighted by molar-refractivity contribution is 0.0622. The first-order valence-electron chi connectivity index (χ1n) is 8.07. The SMILES string of the molecule is CSc1nsc(SC)c1C(=O)N1CCN(Cc2c(Cl)cccc2Cl)CC1. The van der Waals surface area contributed by atoms with Crippen LogP contribution in [0.1, 0.15) is 15.9 Å². The number of benzene rings is 1. The number of thioether (sulfide) groups is 2. The van der Waals surface area contributed by atoms with Crippen LogP contribution in [0.2, 0.25) is 10.0 Å². The van der Waals surface area contributed by atoms with Gasteiger partial charge in [0.05, 0.1) is 9.77 Å². The van der Waals surface area contributed by atoms with E-state index in [0.29, 0.717) is 29.7 Å². The van der Waals surface area contributed by atoms with Gasteiger partial charge in [0.1, 0.15) is 5.03 Å². The molecule has 4 nitrogen and oxygen atoms in total. The van der Waals surface area contributed by atoms with Crippen LogP contribution in [0.25, 0.3) is 0 Å². The van der Waals surface area contributed by atoms with Crippen LogP contribution in [0.4, 0.5) is 0 Å². The van der Waals surface area contributed by atoms with Gasteiger partial charge < -0.3 is 4.90 Å². The third-order valence-corrected chi connectivity index (χ3v) is 7.77. The van der Waals surface area contributed by atoms with E-state index in [1.807, 2.05) is 35.6 Å². The highest BCUT2D eigenvalue weighted by Gasteiger charge is 2.28. The van der Waals surface area contributed by atoms with Gasteiger partial charge in [0, 0.05) is 48.3 Å². The number of piperazine rings is 1. The molecule has 0 radical (unpaired) electrons. The predicted molar refractivity (Wildman–Crippen MR) is 113 cm³/mol. The normalized spacial score (nSPS) is 15.5. The molecule has 140 valence electrons. The number of halogens is 2. The van der Waals surface area contributed by atoms with Gasteiger partial charge in [0.15, 0.2) is 0 Å². The lowest BCUT2D eigenvalue weighted by Crippen LogP contribution is -2.48. The largest absolute Gasteiger partial charge is 0.336 e. The molecule has 0 aliphatic carbocycles. The highest BCUT2D eigenvalue weighted by Crippen LogP contribution is 2.34. The molecule has 0 unspecified atom stereocenters. The summed E-state index contributed by atoms with van der Waals surface area (Å²) in [4.78, 5) is 17.2. The summed E-state index contributed by atoms with van der Waals surface area (Å²) >= 11 is 17.1. The molecule has 1 saturated heterocycles. The lowest BCUT2D eigenvalue weighted by Gasteiger charge is -2.35. The van der Waals surface area contributed by atoms with Crippen molar-refractivity contribution in [3.05, 3.63) is 39.4 Å². The number of carbonyl (C=O) groups excluding carboxylic acids is 1. The monoisotopic (exact) mass is 447 g/mol. The Labute approximate surface area is 176 Å². The number of amides is 1. The fourth-order valence-corrected chi connectivity index (χ4v) is 5.67. The van der Waals surface area contributed by atoms with Gasteiger partial charge in [-0.15, -0.1) is 23.5 Å². The summed E-state index contributed by atoms with van der Waals surface area (Å²) in [6.45, 7) is 3.69. The van der Waals surface area contributed by atoms with Crippen LogP contribution in [0.15, 0.2) is 27.4 Å². The van der Waals surface area contributed by atoms with Gasteiger partial charge in [0.25, 0.3) is 5.91 Å². The van der Waals surface area contributed by atoms with E-state index in [9.17, 15) is 4.79 Å². The van der Waals surface area contributed by atoms with Gasteiger partial charge in [-0.2, -0.15) is 4.37 Å². The van der Waals surface area contributed by atoms with Crippen LogP contribution >= 0.6 is 58.3 Å². The highest BCUT2D eigenvalue weighted by atomic mass is 35.5. The van der Waals surface area contributed by atoms with Crippen molar-refractivity contribution in [3.8, 4) is 0 Å². The van der Waals surface area contributed by atoms with Crippen LogP contribution in [-0.2, 0) is 6.54 Å². The van der Waals surface area contributed by atoms with E-state index in [2.05, 4.69) is 9.27 Å². The van der Waals surface area contributed by atoms with E-state index in [1.165, 1.54) is 23.3 Å². The molecule has 1 aromatic heterocycles. The molecule has 0 atom stereocenters. The number of nitrogens with zero attached hydrogens (tertiary/aromatic N) is 3. The third kappa shape index (κ3) is 4.34.